The van der Waals surface area contributed by atoms with Gasteiger partial charge in [-0.15, -0.1) is 11.3 Å². The van der Waals surface area contributed by atoms with Crippen molar-refractivity contribution in [1.29, 1.82) is 0 Å². The Kier molecular flexibility index (Phi) is 4.76. The number of fused-ring (bicyclic) bond motifs is 1. The number of benzene rings is 2. The lowest BCUT2D eigenvalue weighted by atomic mass is 9.91. The molecule has 1 N–H and O–H groups in total. The first kappa shape index (κ1) is 16.9. The van der Waals surface area contributed by atoms with E-state index in [2.05, 4.69) is 42.6 Å². The van der Waals surface area contributed by atoms with Crippen LogP contribution in [0.4, 0.5) is 11.4 Å². The van der Waals surface area contributed by atoms with Gasteiger partial charge >= 0.3 is 0 Å². The molecule has 2 atom stereocenters. The van der Waals surface area contributed by atoms with E-state index < -0.39 is 0 Å². The molecular weight excluding hydrogens is 340 g/mol. The average molecular weight is 362 g/mol. The van der Waals surface area contributed by atoms with E-state index in [4.69, 9.17) is 0 Å². The summed E-state index contributed by atoms with van der Waals surface area (Å²) >= 11 is 1.64. The molecule has 0 fully saturated rings. The minimum Gasteiger partial charge on any atom is -0.378 e. The van der Waals surface area contributed by atoms with Crippen molar-refractivity contribution < 1.29 is 4.79 Å². The fourth-order valence-electron chi connectivity index (χ4n) is 3.71. The molecule has 1 aliphatic rings. The Morgan fingerprint density at radius 3 is 2.62 bits per heavy atom. The van der Waals surface area contributed by atoms with Gasteiger partial charge in [-0.3, -0.25) is 4.79 Å². The smallest absolute Gasteiger partial charge is 0.232 e. The molecule has 0 saturated carbocycles. The molecule has 3 aromatic rings. The number of nitrogens with one attached hydrogen (secondary N) is 1. The molecule has 132 valence electrons. The number of thiophene rings is 1. The predicted octanol–water partition coefficient (Wildman–Crippen LogP) is 5.27. The zero-order valence-electron chi connectivity index (χ0n) is 14.8. The molecular formula is C22H22N2OS. The Morgan fingerprint density at radius 2 is 1.85 bits per heavy atom. The SMILES string of the molecule is C[C@@H]1C[C@@H](Nc2ccccc2)c2ccccc2N1C(=O)Cc1cccs1. The van der Waals surface area contributed by atoms with Gasteiger partial charge in [0.1, 0.15) is 0 Å². The maximum absolute atomic E-state index is 13.0. The van der Waals surface area contributed by atoms with Crippen molar-refractivity contribution >= 4 is 28.6 Å². The summed E-state index contributed by atoms with van der Waals surface area (Å²) in [6.07, 6.45) is 1.36. The largest absolute Gasteiger partial charge is 0.378 e. The van der Waals surface area contributed by atoms with E-state index in [9.17, 15) is 4.79 Å². The number of nitrogens with zero attached hydrogens (tertiary/aromatic N) is 1. The molecule has 0 unspecified atom stereocenters. The lowest BCUT2D eigenvalue weighted by Gasteiger charge is -2.40. The monoisotopic (exact) mass is 362 g/mol. The van der Waals surface area contributed by atoms with Crippen molar-refractivity contribution in [3.05, 3.63) is 82.6 Å². The molecule has 4 heteroatoms. The molecule has 2 aromatic carbocycles. The van der Waals surface area contributed by atoms with Gasteiger partial charge in [-0.05, 0) is 48.6 Å². The fourth-order valence-corrected chi connectivity index (χ4v) is 4.41. The van der Waals surface area contributed by atoms with Gasteiger partial charge in [0.15, 0.2) is 0 Å². The van der Waals surface area contributed by atoms with Crippen LogP contribution in [0, 0.1) is 0 Å². The van der Waals surface area contributed by atoms with Gasteiger partial charge in [0.05, 0.1) is 12.5 Å². The summed E-state index contributed by atoms with van der Waals surface area (Å²) in [5.41, 5.74) is 3.33. The summed E-state index contributed by atoms with van der Waals surface area (Å²) in [7, 11) is 0. The minimum atomic E-state index is 0.151. The standard InChI is InChI=1S/C22H22N2OS/c1-16-14-20(23-17-8-3-2-4-9-17)19-11-5-6-12-21(19)24(16)22(25)15-18-10-7-13-26-18/h2-13,16,20,23H,14-15H2,1H3/t16-,20-/m1/s1. The van der Waals surface area contributed by atoms with Crippen molar-refractivity contribution in [3.8, 4) is 0 Å². The van der Waals surface area contributed by atoms with E-state index in [-0.39, 0.29) is 18.0 Å². The van der Waals surface area contributed by atoms with Crippen LogP contribution in [-0.2, 0) is 11.2 Å². The number of rotatable bonds is 4. The molecule has 1 aromatic heterocycles. The Balaban J connectivity index is 1.62. The highest BCUT2D eigenvalue weighted by Gasteiger charge is 2.33. The molecule has 4 rings (SSSR count). The van der Waals surface area contributed by atoms with Gasteiger partial charge < -0.3 is 10.2 Å². The number of anilines is 2. The van der Waals surface area contributed by atoms with E-state index in [1.54, 1.807) is 11.3 Å². The Hall–Kier alpha value is -2.59. The summed E-state index contributed by atoms with van der Waals surface area (Å²) in [5, 5.41) is 5.66. The third-order valence-electron chi connectivity index (χ3n) is 4.88. The van der Waals surface area contributed by atoms with Crippen molar-refractivity contribution in [2.75, 3.05) is 10.2 Å². The van der Waals surface area contributed by atoms with E-state index >= 15 is 0 Å². The molecule has 0 saturated heterocycles. The van der Waals surface area contributed by atoms with Crippen LogP contribution in [0.3, 0.4) is 0 Å². The molecule has 0 radical (unpaired) electrons. The first-order chi connectivity index (χ1) is 12.7. The summed E-state index contributed by atoms with van der Waals surface area (Å²) in [6, 6.07) is 22.9. The van der Waals surface area contributed by atoms with Gasteiger partial charge in [0.25, 0.3) is 0 Å². The Bertz CT molecular complexity index is 876. The summed E-state index contributed by atoms with van der Waals surface area (Å²) in [6.45, 7) is 2.14. The van der Waals surface area contributed by atoms with Crippen molar-refractivity contribution in [2.24, 2.45) is 0 Å². The van der Waals surface area contributed by atoms with E-state index in [1.165, 1.54) is 5.56 Å². The number of carbonyl (C=O) groups is 1. The second kappa shape index (κ2) is 7.34. The topological polar surface area (TPSA) is 32.3 Å². The highest BCUT2D eigenvalue weighted by molar-refractivity contribution is 7.10. The lowest BCUT2D eigenvalue weighted by molar-refractivity contribution is -0.118. The Labute approximate surface area is 158 Å². The number of hydrogen-bond donors (Lipinski definition) is 1. The van der Waals surface area contributed by atoms with Crippen molar-refractivity contribution in [2.45, 2.75) is 31.8 Å². The molecule has 3 nitrogen and oxygen atoms in total. The summed E-state index contributed by atoms with van der Waals surface area (Å²) in [4.78, 5) is 16.1. The average Bonchev–Trinajstić information content (AvgIpc) is 3.15. The van der Waals surface area contributed by atoms with Crippen LogP contribution in [0.15, 0.2) is 72.1 Å². The van der Waals surface area contributed by atoms with Crippen LogP contribution in [-0.4, -0.2) is 11.9 Å². The second-order valence-corrected chi connectivity index (χ2v) is 7.76. The zero-order chi connectivity index (χ0) is 17.9. The third-order valence-corrected chi connectivity index (χ3v) is 5.75. The quantitative estimate of drug-likeness (QED) is 0.686. The maximum Gasteiger partial charge on any atom is 0.232 e. The van der Waals surface area contributed by atoms with Crippen molar-refractivity contribution in [3.63, 3.8) is 0 Å². The molecule has 0 spiro atoms. The van der Waals surface area contributed by atoms with E-state index in [0.29, 0.717) is 6.42 Å². The summed E-state index contributed by atoms with van der Waals surface area (Å²) in [5.74, 6) is 0.172. The number of hydrogen-bond acceptors (Lipinski definition) is 3. The fraction of sp³-hybridized carbons (Fsp3) is 0.227. The molecule has 0 aliphatic carbocycles. The van der Waals surface area contributed by atoms with Crippen LogP contribution in [0.1, 0.15) is 29.8 Å². The minimum absolute atomic E-state index is 0.151. The van der Waals surface area contributed by atoms with Gasteiger partial charge in [-0.2, -0.15) is 0 Å². The van der Waals surface area contributed by atoms with Gasteiger partial charge in [0, 0.05) is 22.3 Å². The van der Waals surface area contributed by atoms with Crippen LogP contribution >= 0.6 is 11.3 Å². The second-order valence-electron chi connectivity index (χ2n) is 6.73. The third kappa shape index (κ3) is 3.37. The zero-order valence-corrected chi connectivity index (χ0v) is 15.6. The maximum atomic E-state index is 13.0. The number of carbonyl (C=O) groups excluding carboxylic acids is 1. The Morgan fingerprint density at radius 1 is 1.08 bits per heavy atom. The van der Waals surface area contributed by atoms with Gasteiger partial charge in [0.2, 0.25) is 5.91 Å². The molecule has 1 amide bonds. The summed E-state index contributed by atoms with van der Waals surface area (Å²) < 4.78 is 0. The number of para-hydroxylation sites is 2. The lowest BCUT2D eigenvalue weighted by Crippen LogP contribution is -2.45. The number of amides is 1. The van der Waals surface area contributed by atoms with Crippen LogP contribution in [0.2, 0.25) is 0 Å². The highest BCUT2D eigenvalue weighted by Crippen LogP contribution is 2.39. The predicted molar refractivity (Wildman–Crippen MR) is 109 cm³/mol. The van der Waals surface area contributed by atoms with Crippen molar-refractivity contribution in [1.82, 2.24) is 0 Å². The molecule has 1 aliphatic heterocycles. The first-order valence-corrected chi connectivity index (χ1v) is 9.85. The van der Waals surface area contributed by atoms with Gasteiger partial charge in [-0.1, -0.05) is 42.5 Å². The molecule has 0 bridgehead atoms. The van der Waals surface area contributed by atoms with Crippen LogP contribution in [0.25, 0.3) is 0 Å². The van der Waals surface area contributed by atoms with Gasteiger partial charge in [-0.25, -0.2) is 0 Å². The normalized spacial score (nSPS) is 19.0. The van der Waals surface area contributed by atoms with Crippen LogP contribution < -0.4 is 10.2 Å². The van der Waals surface area contributed by atoms with Crippen LogP contribution in [0.5, 0.6) is 0 Å². The highest BCUT2D eigenvalue weighted by atomic mass is 32.1. The molecule has 2 heterocycles. The van der Waals surface area contributed by atoms with E-state index in [0.717, 1.165) is 22.7 Å². The molecule has 26 heavy (non-hydrogen) atoms. The first-order valence-electron chi connectivity index (χ1n) is 8.97. The van der Waals surface area contributed by atoms with E-state index in [1.807, 2.05) is 46.7 Å².